The van der Waals surface area contributed by atoms with Gasteiger partial charge in [0.1, 0.15) is 17.8 Å². The molecule has 0 aromatic heterocycles. The van der Waals surface area contributed by atoms with Crippen LogP contribution in [0.1, 0.15) is 51.3 Å². The van der Waals surface area contributed by atoms with Gasteiger partial charge in [-0.15, -0.1) is 0 Å². The highest BCUT2D eigenvalue weighted by molar-refractivity contribution is 5.94. The van der Waals surface area contributed by atoms with Crippen molar-refractivity contribution in [1.29, 1.82) is 0 Å². The largest absolute Gasteiger partial charge is 0.483 e. The van der Waals surface area contributed by atoms with Crippen molar-refractivity contribution in [3.8, 4) is 5.75 Å². The quantitative estimate of drug-likeness (QED) is 0.519. The minimum atomic E-state index is -1.11. The van der Waals surface area contributed by atoms with E-state index in [4.69, 9.17) is 4.74 Å². The lowest BCUT2D eigenvalue weighted by Gasteiger charge is -2.34. The molecule has 5 atom stereocenters. The first-order chi connectivity index (χ1) is 18.1. The standard InChI is InChI=1S/C30H40N4O4/c1-7-20(4)26(34(5)6)30(37)33-25-27(22-11-9-8-10-12-22)38-23-15-13-21(14-16-23)17-18-31-28(35)24(19(2)3)32-29(25)36/h8-20,24-27H,7H2,1-6H3,(H,31,35)(H,32,36)(H,33,37)/t20-,24+,25+,26-,27-/m0/s1. The summed E-state index contributed by atoms with van der Waals surface area (Å²) in [5.41, 5.74) is 1.60. The summed E-state index contributed by atoms with van der Waals surface area (Å²) in [5.74, 6) is -0.710. The summed E-state index contributed by atoms with van der Waals surface area (Å²) < 4.78 is 6.42. The van der Waals surface area contributed by atoms with Crippen LogP contribution in [0.5, 0.6) is 5.75 Å². The lowest BCUT2D eigenvalue weighted by Crippen LogP contribution is -2.60. The zero-order valence-corrected chi connectivity index (χ0v) is 23.1. The first-order valence-electron chi connectivity index (χ1n) is 13.2. The van der Waals surface area contributed by atoms with E-state index in [1.165, 1.54) is 0 Å². The number of hydrogen-bond donors (Lipinski definition) is 3. The Hall–Kier alpha value is -3.65. The van der Waals surface area contributed by atoms with Crippen LogP contribution in [0, 0.1) is 11.8 Å². The van der Waals surface area contributed by atoms with E-state index in [1.54, 1.807) is 24.4 Å². The minimum absolute atomic E-state index is 0.0520. The highest BCUT2D eigenvalue weighted by Crippen LogP contribution is 2.27. The highest BCUT2D eigenvalue weighted by Gasteiger charge is 2.38. The zero-order valence-electron chi connectivity index (χ0n) is 23.1. The van der Waals surface area contributed by atoms with Crippen LogP contribution in [0.2, 0.25) is 0 Å². The number of ether oxygens (including phenoxy) is 1. The van der Waals surface area contributed by atoms with Gasteiger partial charge in [0.05, 0.1) is 6.04 Å². The average Bonchev–Trinajstić information content (AvgIpc) is 2.89. The fourth-order valence-electron chi connectivity index (χ4n) is 4.61. The molecule has 204 valence electrons. The number of carbonyl (C=O) groups is 3. The number of fused-ring (bicyclic) bond motifs is 10. The van der Waals surface area contributed by atoms with Gasteiger partial charge in [0.15, 0.2) is 6.10 Å². The van der Waals surface area contributed by atoms with Gasteiger partial charge in [-0.05, 0) is 55.3 Å². The normalized spacial score (nSPS) is 21.7. The van der Waals surface area contributed by atoms with Gasteiger partial charge in [0.25, 0.3) is 0 Å². The molecule has 0 aliphatic carbocycles. The SMILES string of the molecule is CC[C@H](C)[C@@H](C(=O)N[C@H]1C(=O)N[C@H](C(C)C)C(=O)NC=Cc2ccc(cc2)O[C@H]1c1ccccc1)N(C)C. The number of likely N-dealkylation sites (N-methyl/N-ethyl adjacent to an activating group) is 1. The molecule has 0 fully saturated rings. The van der Waals surface area contributed by atoms with Crippen molar-refractivity contribution < 1.29 is 19.1 Å². The third kappa shape index (κ3) is 7.22. The first-order valence-corrected chi connectivity index (χ1v) is 13.2. The summed E-state index contributed by atoms with van der Waals surface area (Å²) >= 11 is 0. The molecular weight excluding hydrogens is 480 g/mol. The first kappa shape index (κ1) is 28.9. The summed E-state index contributed by atoms with van der Waals surface area (Å²) in [6.45, 7) is 7.76. The highest BCUT2D eigenvalue weighted by atomic mass is 16.5. The fourth-order valence-corrected chi connectivity index (χ4v) is 4.61. The molecule has 38 heavy (non-hydrogen) atoms. The second-order valence-electron chi connectivity index (χ2n) is 10.4. The van der Waals surface area contributed by atoms with Crippen LogP contribution >= 0.6 is 0 Å². The molecule has 2 aliphatic rings. The van der Waals surface area contributed by atoms with Crippen molar-refractivity contribution in [2.24, 2.45) is 11.8 Å². The predicted molar refractivity (Wildman–Crippen MR) is 149 cm³/mol. The van der Waals surface area contributed by atoms with Crippen LogP contribution < -0.4 is 20.7 Å². The van der Waals surface area contributed by atoms with Crippen molar-refractivity contribution in [1.82, 2.24) is 20.9 Å². The van der Waals surface area contributed by atoms with Gasteiger partial charge in [-0.1, -0.05) is 76.6 Å². The molecule has 2 aromatic rings. The fraction of sp³-hybridized carbons (Fsp3) is 0.433. The molecule has 0 saturated heterocycles. The van der Waals surface area contributed by atoms with Gasteiger partial charge in [-0.3, -0.25) is 19.3 Å². The van der Waals surface area contributed by atoms with Crippen LogP contribution in [0.3, 0.4) is 0 Å². The van der Waals surface area contributed by atoms with Crippen molar-refractivity contribution >= 4 is 23.8 Å². The number of nitrogens with zero attached hydrogens (tertiary/aromatic N) is 1. The van der Waals surface area contributed by atoms with Crippen molar-refractivity contribution in [3.63, 3.8) is 0 Å². The Labute approximate surface area is 225 Å². The Balaban J connectivity index is 2.12. The third-order valence-corrected chi connectivity index (χ3v) is 6.91. The molecule has 2 bridgehead atoms. The molecule has 0 unspecified atom stereocenters. The van der Waals surface area contributed by atoms with Gasteiger partial charge in [-0.2, -0.15) is 0 Å². The van der Waals surface area contributed by atoms with Gasteiger partial charge in [0, 0.05) is 6.20 Å². The molecule has 8 heteroatoms. The number of hydrogen-bond acceptors (Lipinski definition) is 5. The molecule has 3 amide bonds. The maximum Gasteiger partial charge on any atom is 0.247 e. The Morgan fingerprint density at radius 3 is 2.24 bits per heavy atom. The predicted octanol–water partition coefficient (Wildman–Crippen LogP) is 3.51. The summed E-state index contributed by atoms with van der Waals surface area (Å²) in [6, 6.07) is 14.3. The smallest absolute Gasteiger partial charge is 0.247 e. The van der Waals surface area contributed by atoms with Crippen LogP contribution in [-0.4, -0.2) is 54.8 Å². The number of benzene rings is 2. The number of rotatable bonds is 7. The third-order valence-electron chi connectivity index (χ3n) is 6.91. The van der Waals surface area contributed by atoms with E-state index in [2.05, 4.69) is 16.0 Å². The number of carbonyl (C=O) groups excluding carboxylic acids is 3. The van der Waals surface area contributed by atoms with E-state index in [9.17, 15) is 14.4 Å². The van der Waals surface area contributed by atoms with Crippen molar-refractivity contribution in [2.75, 3.05) is 14.1 Å². The van der Waals surface area contributed by atoms with E-state index >= 15 is 0 Å². The van der Waals surface area contributed by atoms with E-state index in [-0.39, 0.29) is 23.7 Å². The van der Waals surface area contributed by atoms with Crippen LogP contribution in [0.25, 0.3) is 6.08 Å². The summed E-state index contributed by atoms with van der Waals surface area (Å²) in [6.07, 6.45) is 3.29. The number of nitrogens with one attached hydrogen (secondary N) is 3. The molecule has 2 heterocycles. The Morgan fingerprint density at radius 2 is 1.66 bits per heavy atom. The molecule has 0 spiro atoms. The average molecular weight is 521 g/mol. The lowest BCUT2D eigenvalue weighted by atomic mass is 9.95. The molecule has 2 aromatic carbocycles. The van der Waals surface area contributed by atoms with Crippen LogP contribution in [0.15, 0.2) is 60.8 Å². The monoisotopic (exact) mass is 520 g/mol. The van der Waals surface area contributed by atoms with Gasteiger partial charge < -0.3 is 20.7 Å². The summed E-state index contributed by atoms with van der Waals surface area (Å²) in [4.78, 5) is 42.5. The zero-order chi connectivity index (χ0) is 27.8. The molecule has 8 nitrogen and oxygen atoms in total. The topological polar surface area (TPSA) is 99.8 Å². The van der Waals surface area contributed by atoms with Crippen LogP contribution in [0.4, 0.5) is 0 Å². The van der Waals surface area contributed by atoms with Gasteiger partial charge in [0.2, 0.25) is 17.7 Å². The Kier molecular flexibility index (Phi) is 10.1. The van der Waals surface area contributed by atoms with Gasteiger partial charge >= 0.3 is 0 Å². The van der Waals surface area contributed by atoms with E-state index in [0.717, 1.165) is 17.5 Å². The Morgan fingerprint density at radius 1 is 1.00 bits per heavy atom. The van der Waals surface area contributed by atoms with Gasteiger partial charge in [-0.25, -0.2) is 0 Å². The molecule has 4 rings (SSSR count). The van der Waals surface area contributed by atoms with Crippen molar-refractivity contribution in [3.05, 3.63) is 71.9 Å². The summed E-state index contributed by atoms with van der Waals surface area (Å²) in [5, 5.41) is 8.65. The second-order valence-corrected chi connectivity index (χ2v) is 10.4. The lowest BCUT2D eigenvalue weighted by molar-refractivity contribution is -0.136. The molecule has 0 radical (unpaired) electrons. The minimum Gasteiger partial charge on any atom is -0.483 e. The molecule has 2 aliphatic heterocycles. The van der Waals surface area contributed by atoms with Crippen LogP contribution in [-0.2, 0) is 14.4 Å². The van der Waals surface area contributed by atoms with E-state index < -0.39 is 30.1 Å². The van der Waals surface area contributed by atoms with E-state index in [0.29, 0.717) is 5.75 Å². The second kappa shape index (κ2) is 13.2. The molecule has 3 N–H and O–H groups in total. The molecule has 0 saturated carbocycles. The Bertz CT molecular complexity index is 1110. The number of amides is 3. The molecular formula is C30H40N4O4. The summed E-state index contributed by atoms with van der Waals surface area (Å²) in [7, 11) is 3.70. The maximum atomic E-state index is 13.9. The van der Waals surface area contributed by atoms with E-state index in [1.807, 2.05) is 89.2 Å². The van der Waals surface area contributed by atoms with Crippen molar-refractivity contribution in [2.45, 2.75) is 58.3 Å². The maximum absolute atomic E-state index is 13.9.